The van der Waals surface area contributed by atoms with Crippen LogP contribution in [-0.4, -0.2) is 44.8 Å². The quantitative estimate of drug-likeness (QED) is 0.871. The molecule has 25 heavy (non-hydrogen) atoms. The molecule has 0 aliphatic carbocycles. The van der Waals surface area contributed by atoms with Gasteiger partial charge in [-0.1, -0.05) is 18.6 Å². The molecule has 0 spiro atoms. The first kappa shape index (κ1) is 17.2. The first-order valence-electron chi connectivity index (χ1n) is 8.42. The van der Waals surface area contributed by atoms with Crippen LogP contribution < -0.4 is 5.32 Å². The minimum Gasteiger partial charge on any atom is -0.478 e. The van der Waals surface area contributed by atoms with Crippen molar-refractivity contribution in [3.05, 3.63) is 47.3 Å². The summed E-state index contributed by atoms with van der Waals surface area (Å²) < 4.78 is 1.27. The number of likely N-dealkylation sites (tertiary alicyclic amines) is 1. The number of carboxylic acid groups (broad SMARTS) is 1. The number of aromatic carboxylic acids is 1. The zero-order valence-corrected chi connectivity index (χ0v) is 14.2. The monoisotopic (exact) mass is 342 g/mol. The third-order valence-electron chi connectivity index (χ3n) is 4.45. The molecule has 3 rings (SSSR count). The number of nitrogens with zero attached hydrogens (tertiary/aromatic N) is 3. The number of anilines is 1. The summed E-state index contributed by atoms with van der Waals surface area (Å²) in [6.45, 7) is 3.19. The van der Waals surface area contributed by atoms with E-state index in [2.05, 4.69) is 15.3 Å². The van der Waals surface area contributed by atoms with Crippen LogP contribution >= 0.6 is 0 Å². The third-order valence-corrected chi connectivity index (χ3v) is 4.45. The number of benzene rings is 1. The van der Waals surface area contributed by atoms with Crippen LogP contribution in [-0.2, 0) is 13.6 Å². The normalized spacial score (nSPS) is 15.1. The minimum atomic E-state index is -1.17. The Bertz CT molecular complexity index is 761. The molecule has 1 aliphatic rings. The molecule has 2 heterocycles. The van der Waals surface area contributed by atoms with Gasteiger partial charge in [0.05, 0.1) is 6.20 Å². The molecule has 0 saturated carbocycles. The zero-order valence-electron chi connectivity index (χ0n) is 14.2. The van der Waals surface area contributed by atoms with Gasteiger partial charge in [-0.15, -0.1) is 0 Å². The summed E-state index contributed by atoms with van der Waals surface area (Å²) in [5, 5.41) is 15.7. The van der Waals surface area contributed by atoms with Gasteiger partial charge in [-0.2, -0.15) is 5.10 Å². The molecular formula is C18H22N4O3. The highest BCUT2D eigenvalue weighted by Gasteiger charge is 2.21. The highest BCUT2D eigenvalue weighted by molar-refractivity contribution is 6.09. The predicted molar refractivity (Wildman–Crippen MR) is 93.7 cm³/mol. The zero-order chi connectivity index (χ0) is 17.8. The van der Waals surface area contributed by atoms with E-state index in [1.807, 2.05) is 24.3 Å². The molecule has 2 aromatic rings. The second kappa shape index (κ2) is 7.48. The Balaban J connectivity index is 1.66. The standard InChI is InChI=1S/C18H22N4O3/c1-21-16(15(11-19-21)18(24)25)17(23)20-14-7-5-13(6-8-14)12-22-9-3-2-4-10-22/h5-8,11H,2-4,9-10,12H2,1H3,(H,20,23)(H,24,25). The van der Waals surface area contributed by atoms with Crippen LogP contribution in [0.3, 0.4) is 0 Å². The van der Waals surface area contributed by atoms with Crippen molar-refractivity contribution in [2.45, 2.75) is 25.8 Å². The Morgan fingerprint density at radius 2 is 1.84 bits per heavy atom. The molecule has 1 fully saturated rings. The van der Waals surface area contributed by atoms with Crippen LogP contribution in [0.1, 0.15) is 45.7 Å². The Labute approximate surface area is 146 Å². The number of carbonyl (C=O) groups is 2. The van der Waals surface area contributed by atoms with Gasteiger partial charge < -0.3 is 10.4 Å². The molecule has 1 amide bonds. The van der Waals surface area contributed by atoms with Gasteiger partial charge in [0.15, 0.2) is 0 Å². The molecule has 1 aromatic carbocycles. The van der Waals surface area contributed by atoms with E-state index in [-0.39, 0.29) is 11.3 Å². The highest BCUT2D eigenvalue weighted by Crippen LogP contribution is 2.17. The lowest BCUT2D eigenvalue weighted by Gasteiger charge is -2.26. The van der Waals surface area contributed by atoms with Gasteiger partial charge in [-0.05, 0) is 43.6 Å². The molecule has 0 unspecified atom stereocenters. The fourth-order valence-corrected chi connectivity index (χ4v) is 3.12. The molecule has 1 aliphatic heterocycles. The molecular weight excluding hydrogens is 320 g/mol. The SMILES string of the molecule is Cn1ncc(C(=O)O)c1C(=O)Nc1ccc(CN2CCCCC2)cc1. The highest BCUT2D eigenvalue weighted by atomic mass is 16.4. The largest absolute Gasteiger partial charge is 0.478 e. The lowest BCUT2D eigenvalue weighted by Crippen LogP contribution is -2.29. The molecule has 7 heteroatoms. The lowest BCUT2D eigenvalue weighted by molar-refractivity contribution is 0.0692. The molecule has 0 atom stereocenters. The minimum absolute atomic E-state index is 0.0323. The summed E-state index contributed by atoms with van der Waals surface area (Å²) in [4.78, 5) is 26.0. The van der Waals surface area contributed by atoms with Crippen molar-refractivity contribution in [2.24, 2.45) is 7.05 Å². The fraction of sp³-hybridized carbons (Fsp3) is 0.389. The van der Waals surface area contributed by atoms with E-state index in [4.69, 9.17) is 5.11 Å². The molecule has 1 aromatic heterocycles. The van der Waals surface area contributed by atoms with E-state index < -0.39 is 11.9 Å². The number of amides is 1. The van der Waals surface area contributed by atoms with Gasteiger partial charge >= 0.3 is 5.97 Å². The Hall–Kier alpha value is -2.67. The number of aryl methyl sites for hydroxylation is 1. The summed E-state index contributed by atoms with van der Waals surface area (Å²) >= 11 is 0. The summed E-state index contributed by atoms with van der Waals surface area (Å²) in [5.41, 5.74) is 1.75. The second-order valence-electron chi connectivity index (χ2n) is 6.32. The number of hydrogen-bond acceptors (Lipinski definition) is 4. The summed E-state index contributed by atoms with van der Waals surface area (Å²) in [5.74, 6) is -1.66. The third kappa shape index (κ3) is 4.06. The van der Waals surface area contributed by atoms with E-state index in [9.17, 15) is 9.59 Å². The van der Waals surface area contributed by atoms with E-state index in [1.54, 1.807) is 7.05 Å². The van der Waals surface area contributed by atoms with Crippen molar-refractivity contribution in [1.82, 2.24) is 14.7 Å². The van der Waals surface area contributed by atoms with Crippen molar-refractivity contribution in [1.29, 1.82) is 0 Å². The predicted octanol–water partition coefficient (Wildman–Crippen LogP) is 2.36. The van der Waals surface area contributed by atoms with E-state index in [1.165, 1.54) is 35.7 Å². The van der Waals surface area contributed by atoms with Gasteiger partial charge in [0.1, 0.15) is 11.3 Å². The van der Waals surface area contributed by atoms with Gasteiger partial charge in [-0.3, -0.25) is 14.4 Å². The van der Waals surface area contributed by atoms with Crippen molar-refractivity contribution >= 4 is 17.6 Å². The summed E-state index contributed by atoms with van der Waals surface area (Å²) in [7, 11) is 1.54. The van der Waals surface area contributed by atoms with Crippen molar-refractivity contribution in [2.75, 3.05) is 18.4 Å². The van der Waals surface area contributed by atoms with Crippen LogP contribution in [0.2, 0.25) is 0 Å². The number of rotatable bonds is 5. The van der Waals surface area contributed by atoms with Crippen LogP contribution in [0.4, 0.5) is 5.69 Å². The van der Waals surface area contributed by atoms with Crippen molar-refractivity contribution < 1.29 is 14.7 Å². The molecule has 0 bridgehead atoms. The van der Waals surface area contributed by atoms with Gasteiger partial charge in [0, 0.05) is 19.3 Å². The van der Waals surface area contributed by atoms with E-state index in [0.717, 1.165) is 19.6 Å². The number of carboxylic acids is 1. The number of carbonyl (C=O) groups excluding carboxylic acids is 1. The fourth-order valence-electron chi connectivity index (χ4n) is 3.12. The van der Waals surface area contributed by atoms with E-state index >= 15 is 0 Å². The van der Waals surface area contributed by atoms with Gasteiger partial charge in [0.25, 0.3) is 5.91 Å². The number of hydrogen-bond donors (Lipinski definition) is 2. The maximum atomic E-state index is 12.4. The Morgan fingerprint density at radius 3 is 2.48 bits per heavy atom. The Kier molecular flexibility index (Phi) is 5.14. The van der Waals surface area contributed by atoms with Crippen LogP contribution in [0.15, 0.2) is 30.5 Å². The first-order chi connectivity index (χ1) is 12.0. The van der Waals surface area contributed by atoms with Gasteiger partial charge in [-0.25, -0.2) is 4.79 Å². The first-order valence-corrected chi connectivity index (χ1v) is 8.42. The average molecular weight is 342 g/mol. The molecule has 0 radical (unpaired) electrons. The van der Waals surface area contributed by atoms with Crippen molar-refractivity contribution in [3.63, 3.8) is 0 Å². The van der Waals surface area contributed by atoms with Crippen LogP contribution in [0.5, 0.6) is 0 Å². The van der Waals surface area contributed by atoms with Crippen LogP contribution in [0, 0.1) is 0 Å². The smallest absolute Gasteiger partial charge is 0.339 e. The van der Waals surface area contributed by atoms with Crippen LogP contribution in [0.25, 0.3) is 0 Å². The number of nitrogens with one attached hydrogen (secondary N) is 1. The topological polar surface area (TPSA) is 87.5 Å². The summed E-state index contributed by atoms with van der Waals surface area (Å²) in [6.07, 6.45) is 5.00. The number of piperidine rings is 1. The maximum Gasteiger partial charge on any atom is 0.339 e. The second-order valence-corrected chi connectivity index (χ2v) is 6.32. The lowest BCUT2D eigenvalue weighted by atomic mass is 10.1. The van der Waals surface area contributed by atoms with Gasteiger partial charge in [0.2, 0.25) is 0 Å². The number of aromatic nitrogens is 2. The summed E-state index contributed by atoms with van der Waals surface area (Å²) in [6, 6.07) is 7.67. The van der Waals surface area contributed by atoms with E-state index in [0.29, 0.717) is 5.69 Å². The average Bonchev–Trinajstić information content (AvgIpc) is 2.99. The van der Waals surface area contributed by atoms with Crippen molar-refractivity contribution in [3.8, 4) is 0 Å². The molecule has 7 nitrogen and oxygen atoms in total. The molecule has 1 saturated heterocycles. The molecule has 2 N–H and O–H groups in total. The maximum absolute atomic E-state index is 12.4. The Morgan fingerprint density at radius 1 is 1.16 bits per heavy atom. The molecule has 132 valence electrons.